The lowest BCUT2D eigenvalue weighted by Gasteiger charge is -2.26. The van der Waals surface area contributed by atoms with E-state index in [1.807, 2.05) is 0 Å². The predicted octanol–water partition coefficient (Wildman–Crippen LogP) is 4.45. The standard InChI is InChI=1S/C19H19Cl2N3O4S2/c20-15-7-8-17(19-18(15)16(21)12-22-19)23-29(25,26)13-5-4-6-14(11-13)30(27,28)24-9-2-1-3-10-24/h4-8,11-12,22-23H,1-3,9-10H2. The number of H-pyrrole nitrogens is 1. The van der Waals surface area contributed by atoms with Gasteiger partial charge in [-0.05, 0) is 43.2 Å². The van der Waals surface area contributed by atoms with Crippen LogP contribution in [0.3, 0.4) is 0 Å². The minimum atomic E-state index is -4.06. The number of sulfonamides is 2. The maximum Gasteiger partial charge on any atom is 0.262 e. The summed E-state index contributed by atoms with van der Waals surface area (Å²) in [7, 11) is -7.82. The zero-order chi connectivity index (χ0) is 21.5. The van der Waals surface area contributed by atoms with Crippen molar-refractivity contribution in [1.29, 1.82) is 0 Å². The zero-order valence-corrected chi connectivity index (χ0v) is 18.9. The number of fused-ring (bicyclic) bond motifs is 1. The van der Waals surface area contributed by atoms with Crippen LogP contribution < -0.4 is 4.72 Å². The molecule has 0 saturated carbocycles. The van der Waals surface area contributed by atoms with Crippen LogP contribution in [0.5, 0.6) is 0 Å². The van der Waals surface area contributed by atoms with Crippen molar-refractivity contribution < 1.29 is 16.8 Å². The minimum absolute atomic E-state index is 0.0450. The Balaban J connectivity index is 1.69. The van der Waals surface area contributed by atoms with Gasteiger partial charge in [0, 0.05) is 24.7 Å². The molecule has 0 spiro atoms. The van der Waals surface area contributed by atoms with Crippen molar-refractivity contribution >= 4 is 59.8 Å². The normalized spacial score (nSPS) is 16.1. The van der Waals surface area contributed by atoms with Crippen LogP contribution in [0.2, 0.25) is 10.0 Å². The molecule has 0 radical (unpaired) electrons. The summed E-state index contributed by atoms with van der Waals surface area (Å²) in [4.78, 5) is 2.71. The molecule has 2 N–H and O–H groups in total. The number of nitrogens with zero attached hydrogens (tertiary/aromatic N) is 1. The van der Waals surface area contributed by atoms with E-state index in [0.29, 0.717) is 34.0 Å². The number of nitrogens with one attached hydrogen (secondary N) is 2. The van der Waals surface area contributed by atoms with E-state index >= 15 is 0 Å². The van der Waals surface area contributed by atoms with E-state index in [1.54, 1.807) is 6.07 Å². The first-order valence-electron chi connectivity index (χ1n) is 9.28. The van der Waals surface area contributed by atoms with Gasteiger partial charge < -0.3 is 4.98 Å². The molecule has 11 heteroatoms. The Morgan fingerprint density at radius 2 is 1.60 bits per heavy atom. The summed E-state index contributed by atoms with van der Waals surface area (Å²) >= 11 is 12.3. The fraction of sp³-hybridized carbons (Fsp3) is 0.263. The molecule has 0 atom stereocenters. The van der Waals surface area contributed by atoms with Gasteiger partial charge in [-0.15, -0.1) is 0 Å². The second kappa shape index (κ2) is 8.05. The smallest absolute Gasteiger partial charge is 0.262 e. The van der Waals surface area contributed by atoms with Gasteiger partial charge in [-0.1, -0.05) is 35.7 Å². The topological polar surface area (TPSA) is 99.3 Å². The first-order chi connectivity index (χ1) is 14.2. The second-order valence-electron chi connectivity index (χ2n) is 7.03. The average molecular weight is 488 g/mol. The highest BCUT2D eigenvalue weighted by molar-refractivity contribution is 7.93. The van der Waals surface area contributed by atoms with E-state index < -0.39 is 20.0 Å². The van der Waals surface area contributed by atoms with Crippen LogP contribution in [-0.4, -0.2) is 39.2 Å². The third-order valence-electron chi connectivity index (χ3n) is 5.05. The second-order valence-corrected chi connectivity index (χ2v) is 11.5. The van der Waals surface area contributed by atoms with Gasteiger partial charge in [-0.2, -0.15) is 4.31 Å². The van der Waals surface area contributed by atoms with Crippen molar-refractivity contribution in [1.82, 2.24) is 9.29 Å². The van der Waals surface area contributed by atoms with Gasteiger partial charge >= 0.3 is 0 Å². The Morgan fingerprint density at radius 1 is 0.900 bits per heavy atom. The predicted molar refractivity (Wildman–Crippen MR) is 118 cm³/mol. The van der Waals surface area contributed by atoms with Gasteiger partial charge in [0.1, 0.15) is 0 Å². The van der Waals surface area contributed by atoms with Crippen LogP contribution >= 0.6 is 23.2 Å². The van der Waals surface area contributed by atoms with E-state index in [2.05, 4.69) is 9.71 Å². The number of piperidine rings is 1. The largest absolute Gasteiger partial charge is 0.358 e. The lowest BCUT2D eigenvalue weighted by atomic mass is 10.2. The summed E-state index contributed by atoms with van der Waals surface area (Å²) in [5.74, 6) is 0. The van der Waals surface area contributed by atoms with Gasteiger partial charge in [0.25, 0.3) is 10.0 Å². The molecule has 0 amide bonds. The molecule has 160 valence electrons. The first-order valence-corrected chi connectivity index (χ1v) is 13.0. The quantitative estimate of drug-likeness (QED) is 0.554. The van der Waals surface area contributed by atoms with E-state index in [1.165, 1.54) is 40.8 Å². The minimum Gasteiger partial charge on any atom is -0.358 e. The van der Waals surface area contributed by atoms with Gasteiger partial charge in [0.05, 0.1) is 31.0 Å². The lowest BCUT2D eigenvalue weighted by molar-refractivity contribution is 0.346. The van der Waals surface area contributed by atoms with E-state index in [4.69, 9.17) is 23.2 Å². The zero-order valence-electron chi connectivity index (χ0n) is 15.7. The van der Waals surface area contributed by atoms with E-state index in [9.17, 15) is 16.8 Å². The molecule has 4 rings (SSSR count). The van der Waals surface area contributed by atoms with Gasteiger partial charge in [0.15, 0.2) is 0 Å². The first kappa shape index (κ1) is 21.5. The third-order valence-corrected chi connectivity index (χ3v) is 8.92. The molecule has 0 aliphatic carbocycles. The van der Waals surface area contributed by atoms with Crippen LogP contribution in [0.25, 0.3) is 10.9 Å². The summed E-state index contributed by atoms with van der Waals surface area (Å²) in [6, 6.07) is 8.43. The molecule has 2 aromatic carbocycles. The van der Waals surface area contributed by atoms with Crippen molar-refractivity contribution in [3.8, 4) is 0 Å². The van der Waals surface area contributed by atoms with Gasteiger partial charge in [-0.25, -0.2) is 16.8 Å². The summed E-state index contributed by atoms with van der Waals surface area (Å²) in [5, 5.41) is 1.25. The molecule has 30 heavy (non-hydrogen) atoms. The number of aromatic nitrogens is 1. The number of benzene rings is 2. The molecule has 1 saturated heterocycles. The number of hydrogen-bond acceptors (Lipinski definition) is 4. The maximum atomic E-state index is 13.0. The molecule has 1 aromatic heterocycles. The Kier molecular flexibility index (Phi) is 5.75. The fourth-order valence-electron chi connectivity index (χ4n) is 3.51. The summed E-state index contributed by atoms with van der Waals surface area (Å²) < 4.78 is 55.7. The highest BCUT2D eigenvalue weighted by Gasteiger charge is 2.27. The van der Waals surface area contributed by atoms with Crippen LogP contribution in [0, 0.1) is 0 Å². The van der Waals surface area contributed by atoms with Crippen molar-refractivity contribution in [2.24, 2.45) is 0 Å². The molecule has 1 aliphatic heterocycles. The van der Waals surface area contributed by atoms with Crippen LogP contribution in [0.4, 0.5) is 5.69 Å². The maximum absolute atomic E-state index is 13.0. The monoisotopic (exact) mass is 487 g/mol. The molecule has 1 fully saturated rings. The Hall–Kier alpha value is -1.78. The molecule has 0 unspecified atom stereocenters. The number of anilines is 1. The Labute approximate surface area is 185 Å². The highest BCUT2D eigenvalue weighted by atomic mass is 35.5. The van der Waals surface area contributed by atoms with Crippen molar-refractivity contribution in [3.63, 3.8) is 0 Å². The highest BCUT2D eigenvalue weighted by Crippen LogP contribution is 2.35. The number of rotatable bonds is 5. The molecule has 2 heterocycles. The van der Waals surface area contributed by atoms with Crippen LogP contribution in [0.1, 0.15) is 19.3 Å². The molecule has 7 nitrogen and oxygen atoms in total. The van der Waals surface area contributed by atoms with Crippen LogP contribution in [0.15, 0.2) is 52.4 Å². The van der Waals surface area contributed by atoms with E-state index in [-0.39, 0.29) is 15.5 Å². The van der Waals surface area contributed by atoms with Crippen molar-refractivity contribution in [2.45, 2.75) is 29.1 Å². The molecular formula is C19H19Cl2N3O4S2. The number of halogens is 2. The third kappa shape index (κ3) is 3.92. The summed E-state index contributed by atoms with van der Waals surface area (Å²) in [5.41, 5.74) is 0.693. The molecule has 3 aromatic rings. The molecule has 1 aliphatic rings. The van der Waals surface area contributed by atoms with E-state index in [0.717, 1.165) is 19.3 Å². The lowest BCUT2D eigenvalue weighted by Crippen LogP contribution is -2.35. The van der Waals surface area contributed by atoms with Crippen LogP contribution in [-0.2, 0) is 20.0 Å². The van der Waals surface area contributed by atoms with Gasteiger partial charge in [0.2, 0.25) is 10.0 Å². The molecule has 0 bridgehead atoms. The number of aromatic amines is 1. The van der Waals surface area contributed by atoms with Gasteiger partial charge in [-0.3, -0.25) is 4.72 Å². The SMILES string of the molecule is O=S(=O)(Nc1ccc(Cl)c2c(Cl)c[nH]c12)c1cccc(S(=O)(=O)N2CCCCC2)c1. The molecular weight excluding hydrogens is 469 g/mol. The average Bonchev–Trinajstić information content (AvgIpc) is 3.13. The Morgan fingerprint density at radius 3 is 2.33 bits per heavy atom. The number of hydrogen-bond donors (Lipinski definition) is 2. The summed E-state index contributed by atoms with van der Waals surface area (Å²) in [6.07, 6.45) is 4.10. The van der Waals surface area contributed by atoms with Crippen molar-refractivity contribution in [2.75, 3.05) is 17.8 Å². The fourth-order valence-corrected chi connectivity index (χ4v) is 6.83. The summed E-state index contributed by atoms with van der Waals surface area (Å²) in [6.45, 7) is 0.877. The van der Waals surface area contributed by atoms with Crippen molar-refractivity contribution in [3.05, 3.63) is 52.6 Å². The Bertz CT molecular complexity index is 1310.